The van der Waals surface area contributed by atoms with Gasteiger partial charge in [-0.2, -0.15) is 0 Å². The first-order chi connectivity index (χ1) is 7.35. The molecule has 0 aliphatic carbocycles. The van der Waals surface area contributed by atoms with E-state index in [1.807, 2.05) is 33.8 Å². The van der Waals surface area contributed by atoms with Crippen molar-refractivity contribution >= 4 is 11.6 Å². The second kappa shape index (κ2) is 4.64. The van der Waals surface area contributed by atoms with Gasteiger partial charge in [0, 0.05) is 21.6 Å². The zero-order valence-corrected chi connectivity index (χ0v) is 11.3. The molecule has 2 nitrogen and oxygen atoms in total. The second-order valence-corrected chi connectivity index (χ2v) is 5.16. The smallest absolute Gasteiger partial charge is 0.127 e. The van der Waals surface area contributed by atoms with Gasteiger partial charge in [0.05, 0.1) is 13.7 Å². The minimum atomic E-state index is -0.329. The Hall–Kier alpha value is -0.730. The van der Waals surface area contributed by atoms with Gasteiger partial charge >= 0.3 is 0 Å². The van der Waals surface area contributed by atoms with Crippen LogP contribution >= 0.6 is 11.6 Å². The zero-order valence-electron chi connectivity index (χ0n) is 10.5. The van der Waals surface area contributed by atoms with Gasteiger partial charge in [-0.1, -0.05) is 25.4 Å². The lowest BCUT2D eigenvalue weighted by Gasteiger charge is -2.28. The van der Waals surface area contributed by atoms with E-state index in [2.05, 4.69) is 0 Å². The summed E-state index contributed by atoms with van der Waals surface area (Å²) in [5.74, 6) is 0.782. The van der Waals surface area contributed by atoms with Gasteiger partial charge in [-0.3, -0.25) is 0 Å². The van der Waals surface area contributed by atoms with Crippen molar-refractivity contribution in [1.82, 2.24) is 0 Å². The van der Waals surface area contributed by atoms with Gasteiger partial charge in [-0.15, -0.1) is 0 Å². The summed E-state index contributed by atoms with van der Waals surface area (Å²) in [4.78, 5) is 0. The fraction of sp³-hybridized carbons (Fsp3) is 0.538. The summed E-state index contributed by atoms with van der Waals surface area (Å²) in [6, 6.07) is 1.92. The van der Waals surface area contributed by atoms with Crippen LogP contribution in [0, 0.1) is 13.8 Å². The lowest BCUT2D eigenvalue weighted by atomic mass is 9.81. The summed E-state index contributed by atoms with van der Waals surface area (Å²) in [5, 5.41) is 10.2. The van der Waals surface area contributed by atoms with E-state index >= 15 is 0 Å². The Balaban J connectivity index is 3.55. The van der Waals surface area contributed by atoms with Crippen molar-refractivity contribution in [2.24, 2.45) is 0 Å². The maximum atomic E-state index is 9.46. The summed E-state index contributed by atoms with van der Waals surface area (Å²) in [5.41, 5.74) is 2.67. The van der Waals surface area contributed by atoms with E-state index in [9.17, 15) is 5.11 Å². The molecule has 0 spiro atoms. The van der Waals surface area contributed by atoms with Gasteiger partial charge in [0.25, 0.3) is 0 Å². The maximum Gasteiger partial charge on any atom is 0.127 e. The van der Waals surface area contributed by atoms with Crippen LogP contribution in [0.1, 0.15) is 30.5 Å². The van der Waals surface area contributed by atoms with E-state index in [0.717, 1.165) is 22.4 Å². The number of halogens is 1. The van der Waals surface area contributed by atoms with E-state index < -0.39 is 0 Å². The number of hydrogen-bond acceptors (Lipinski definition) is 2. The molecule has 0 unspecified atom stereocenters. The van der Waals surface area contributed by atoms with E-state index in [1.54, 1.807) is 7.11 Å². The Kier molecular flexibility index (Phi) is 3.87. The van der Waals surface area contributed by atoms with E-state index in [0.29, 0.717) is 5.02 Å². The molecule has 0 aliphatic heterocycles. The average molecular weight is 243 g/mol. The van der Waals surface area contributed by atoms with Gasteiger partial charge < -0.3 is 9.84 Å². The summed E-state index contributed by atoms with van der Waals surface area (Å²) >= 11 is 6.12. The van der Waals surface area contributed by atoms with Crippen LogP contribution in [-0.2, 0) is 5.41 Å². The largest absolute Gasteiger partial charge is 0.496 e. The van der Waals surface area contributed by atoms with Crippen LogP contribution < -0.4 is 4.74 Å². The van der Waals surface area contributed by atoms with Crippen molar-refractivity contribution < 1.29 is 9.84 Å². The Bertz CT molecular complexity index is 397. The molecule has 0 saturated heterocycles. The summed E-state index contributed by atoms with van der Waals surface area (Å²) < 4.78 is 5.43. The Morgan fingerprint density at radius 1 is 1.38 bits per heavy atom. The molecule has 16 heavy (non-hydrogen) atoms. The molecular formula is C13H19ClO2. The van der Waals surface area contributed by atoms with Crippen LogP contribution in [-0.4, -0.2) is 18.8 Å². The van der Waals surface area contributed by atoms with E-state index in [1.165, 1.54) is 0 Å². The summed E-state index contributed by atoms with van der Waals surface area (Å²) in [6.07, 6.45) is 0. The third-order valence-corrected chi connectivity index (χ3v) is 3.33. The van der Waals surface area contributed by atoms with Crippen LogP contribution in [0.4, 0.5) is 0 Å². The molecule has 0 bridgehead atoms. The van der Waals surface area contributed by atoms with Gasteiger partial charge in [0.15, 0.2) is 0 Å². The van der Waals surface area contributed by atoms with Crippen molar-refractivity contribution in [1.29, 1.82) is 0 Å². The average Bonchev–Trinajstić information content (AvgIpc) is 2.22. The number of benzene rings is 1. The second-order valence-electron chi connectivity index (χ2n) is 4.75. The Morgan fingerprint density at radius 3 is 2.38 bits per heavy atom. The molecule has 0 fully saturated rings. The molecule has 0 amide bonds. The molecule has 0 heterocycles. The molecule has 0 aromatic heterocycles. The van der Waals surface area contributed by atoms with Crippen molar-refractivity contribution in [3.8, 4) is 5.75 Å². The first-order valence-electron chi connectivity index (χ1n) is 5.30. The zero-order chi connectivity index (χ0) is 12.5. The summed E-state index contributed by atoms with van der Waals surface area (Å²) in [6.45, 7) is 7.97. The number of aliphatic hydroxyl groups excluding tert-OH is 1. The standard InChI is InChI=1S/C13H19ClO2/c1-8-6-10(14)9(2)12(16-5)11(8)13(3,4)7-15/h6,15H,7H2,1-5H3. The molecule has 1 rings (SSSR count). The van der Waals surface area contributed by atoms with Crippen molar-refractivity contribution in [2.45, 2.75) is 33.1 Å². The SMILES string of the molecule is COc1c(C)c(Cl)cc(C)c1C(C)(C)CO. The highest BCUT2D eigenvalue weighted by Gasteiger charge is 2.27. The number of aliphatic hydroxyl groups is 1. The Morgan fingerprint density at radius 2 is 1.94 bits per heavy atom. The number of ether oxygens (including phenoxy) is 1. The monoisotopic (exact) mass is 242 g/mol. The molecule has 0 radical (unpaired) electrons. The molecule has 0 atom stereocenters. The first-order valence-corrected chi connectivity index (χ1v) is 5.68. The minimum Gasteiger partial charge on any atom is -0.496 e. The van der Waals surface area contributed by atoms with E-state index in [4.69, 9.17) is 16.3 Å². The third-order valence-electron chi connectivity index (χ3n) is 2.94. The molecule has 1 aromatic carbocycles. The van der Waals surface area contributed by atoms with Crippen molar-refractivity contribution in [3.05, 3.63) is 27.8 Å². The molecule has 1 aromatic rings. The van der Waals surface area contributed by atoms with Gasteiger partial charge in [-0.05, 0) is 25.5 Å². The first kappa shape index (κ1) is 13.3. The molecular weight excluding hydrogens is 224 g/mol. The van der Waals surface area contributed by atoms with Gasteiger partial charge in [-0.25, -0.2) is 0 Å². The lowest BCUT2D eigenvalue weighted by molar-refractivity contribution is 0.214. The molecule has 3 heteroatoms. The quantitative estimate of drug-likeness (QED) is 0.882. The molecule has 0 aliphatic rings. The summed E-state index contributed by atoms with van der Waals surface area (Å²) in [7, 11) is 1.63. The molecule has 90 valence electrons. The van der Waals surface area contributed by atoms with Crippen molar-refractivity contribution in [2.75, 3.05) is 13.7 Å². The topological polar surface area (TPSA) is 29.5 Å². The van der Waals surface area contributed by atoms with Gasteiger partial charge in [0.1, 0.15) is 5.75 Å². The highest BCUT2D eigenvalue weighted by Crippen LogP contribution is 2.39. The highest BCUT2D eigenvalue weighted by atomic mass is 35.5. The normalized spacial score (nSPS) is 11.7. The Labute approximate surface area is 102 Å². The molecule has 0 saturated carbocycles. The lowest BCUT2D eigenvalue weighted by Crippen LogP contribution is -2.24. The number of hydrogen-bond donors (Lipinski definition) is 1. The maximum absolute atomic E-state index is 9.46. The van der Waals surface area contributed by atoms with Crippen molar-refractivity contribution in [3.63, 3.8) is 0 Å². The van der Waals surface area contributed by atoms with E-state index in [-0.39, 0.29) is 12.0 Å². The minimum absolute atomic E-state index is 0.0747. The third kappa shape index (κ3) is 2.18. The van der Waals surface area contributed by atoms with Crippen LogP contribution in [0.3, 0.4) is 0 Å². The van der Waals surface area contributed by atoms with Crippen LogP contribution in [0.25, 0.3) is 0 Å². The predicted molar refractivity (Wildman–Crippen MR) is 67.6 cm³/mol. The van der Waals surface area contributed by atoms with Gasteiger partial charge in [0.2, 0.25) is 0 Å². The number of aryl methyl sites for hydroxylation is 1. The fourth-order valence-electron chi connectivity index (χ4n) is 2.02. The van der Waals surface area contributed by atoms with Crippen LogP contribution in [0.15, 0.2) is 6.07 Å². The molecule has 1 N–H and O–H groups in total. The van der Waals surface area contributed by atoms with Crippen LogP contribution in [0.5, 0.6) is 5.75 Å². The van der Waals surface area contributed by atoms with Crippen LogP contribution in [0.2, 0.25) is 5.02 Å². The number of rotatable bonds is 3. The number of methoxy groups -OCH3 is 1. The predicted octanol–water partition coefficient (Wildman–Crippen LogP) is 3.24. The highest BCUT2D eigenvalue weighted by molar-refractivity contribution is 6.31. The fourth-order valence-corrected chi connectivity index (χ4v) is 2.27.